The average Bonchev–Trinajstić information content (AvgIpc) is 2.93. The van der Waals surface area contributed by atoms with Gasteiger partial charge < -0.3 is 24.6 Å². The molecule has 6 nitrogen and oxygen atoms in total. The van der Waals surface area contributed by atoms with Gasteiger partial charge in [-0.15, -0.1) is 0 Å². The van der Waals surface area contributed by atoms with Gasteiger partial charge in [-0.1, -0.05) is 0 Å². The minimum Gasteiger partial charge on any atom is -0.387 e. The first-order valence-electron chi connectivity index (χ1n) is 6.80. The van der Waals surface area contributed by atoms with Crippen LogP contribution in [-0.4, -0.2) is 61.3 Å². The summed E-state index contributed by atoms with van der Waals surface area (Å²) in [6.07, 6.45) is 1.81. The minimum atomic E-state index is -0.477. The molecule has 6 heteroatoms. The van der Waals surface area contributed by atoms with Crippen LogP contribution in [0.2, 0.25) is 0 Å². The van der Waals surface area contributed by atoms with Crippen LogP contribution in [0.15, 0.2) is 0 Å². The maximum Gasteiger partial charge on any atom is 0.245 e. The van der Waals surface area contributed by atoms with E-state index in [-0.39, 0.29) is 29.8 Å². The van der Waals surface area contributed by atoms with Gasteiger partial charge in [0, 0.05) is 13.2 Å². The molecule has 0 aliphatic carbocycles. The van der Waals surface area contributed by atoms with Crippen molar-refractivity contribution in [3.8, 4) is 0 Å². The Bertz CT molecular complexity index is 320. The number of rotatable bonds is 6. The summed E-state index contributed by atoms with van der Waals surface area (Å²) in [5.41, 5.74) is -0.363. The van der Waals surface area contributed by atoms with Crippen LogP contribution in [0.3, 0.4) is 0 Å². The van der Waals surface area contributed by atoms with Crippen molar-refractivity contribution in [3.63, 3.8) is 0 Å². The molecule has 2 saturated heterocycles. The Morgan fingerprint density at radius 3 is 3.00 bits per heavy atom. The lowest BCUT2D eigenvalue weighted by Gasteiger charge is -2.30. The van der Waals surface area contributed by atoms with E-state index in [0.29, 0.717) is 19.6 Å². The van der Waals surface area contributed by atoms with Crippen molar-refractivity contribution in [2.24, 2.45) is 0 Å². The third-order valence-corrected chi connectivity index (χ3v) is 3.58. The van der Waals surface area contributed by atoms with E-state index in [1.54, 1.807) is 0 Å². The van der Waals surface area contributed by atoms with E-state index in [4.69, 9.17) is 19.3 Å². The topological polar surface area (TPSA) is 77.0 Å². The predicted octanol–water partition coefficient (Wildman–Crippen LogP) is -0.163. The summed E-state index contributed by atoms with van der Waals surface area (Å²) in [4.78, 5) is 10.9. The van der Waals surface area contributed by atoms with Gasteiger partial charge in [0.25, 0.3) is 0 Å². The molecular formula is C13H23NO5. The Hall–Kier alpha value is -0.690. The third kappa shape index (κ3) is 3.89. The van der Waals surface area contributed by atoms with Crippen molar-refractivity contribution < 1.29 is 24.1 Å². The Morgan fingerprint density at radius 2 is 2.26 bits per heavy atom. The lowest BCUT2D eigenvalue weighted by Crippen LogP contribution is -2.40. The zero-order valence-electron chi connectivity index (χ0n) is 11.6. The molecule has 19 heavy (non-hydrogen) atoms. The fourth-order valence-corrected chi connectivity index (χ4v) is 2.56. The SMILES string of the molecule is CC(C)(CCNC(=O)CO)O[C@@H]1COC2CCOC21. The highest BCUT2D eigenvalue weighted by molar-refractivity contribution is 5.76. The van der Waals surface area contributed by atoms with Crippen LogP contribution < -0.4 is 5.32 Å². The molecule has 0 saturated carbocycles. The van der Waals surface area contributed by atoms with Crippen molar-refractivity contribution in [2.45, 2.75) is 50.6 Å². The van der Waals surface area contributed by atoms with Gasteiger partial charge >= 0.3 is 0 Å². The minimum absolute atomic E-state index is 0.0314. The molecule has 2 aliphatic heterocycles. The summed E-state index contributed by atoms with van der Waals surface area (Å²) in [6.45, 7) is 5.29. The molecule has 2 heterocycles. The van der Waals surface area contributed by atoms with Crippen LogP contribution in [0.5, 0.6) is 0 Å². The second-order valence-corrected chi connectivity index (χ2v) is 5.67. The molecule has 2 N–H and O–H groups in total. The van der Waals surface area contributed by atoms with E-state index < -0.39 is 6.61 Å². The zero-order valence-corrected chi connectivity index (χ0v) is 11.6. The molecule has 0 aromatic rings. The van der Waals surface area contributed by atoms with E-state index >= 15 is 0 Å². The van der Waals surface area contributed by atoms with Crippen LogP contribution >= 0.6 is 0 Å². The summed E-state index contributed by atoms with van der Waals surface area (Å²) >= 11 is 0. The van der Waals surface area contributed by atoms with E-state index in [0.717, 1.165) is 13.0 Å². The number of nitrogens with one attached hydrogen (secondary N) is 1. The third-order valence-electron chi connectivity index (χ3n) is 3.58. The molecular weight excluding hydrogens is 250 g/mol. The van der Waals surface area contributed by atoms with E-state index in [2.05, 4.69) is 5.32 Å². The van der Waals surface area contributed by atoms with Gasteiger partial charge in [-0.2, -0.15) is 0 Å². The summed E-state index contributed by atoms with van der Waals surface area (Å²) in [7, 11) is 0. The van der Waals surface area contributed by atoms with Crippen molar-refractivity contribution in [1.29, 1.82) is 0 Å². The van der Waals surface area contributed by atoms with Gasteiger partial charge in [0.05, 0.1) is 18.3 Å². The summed E-state index contributed by atoms with van der Waals surface area (Å²) in [5, 5.41) is 11.2. The van der Waals surface area contributed by atoms with Crippen LogP contribution in [-0.2, 0) is 19.0 Å². The number of hydrogen-bond acceptors (Lipinski definition) is 5. The van der Waals surface area contributed by atoms with E-state index in [1.807, 2.05) is 13.8 Å². The molecule has 0 aromatic heterocycles. The lowest BCUT2D eigenvalue weighted by molar-refractivity contribution is -0.125. The van der Waals surface area contributed by atoms with Crippen molar-refractivity contribution in [1.82, 2.24) is 5.32 Å². The Morgan fingerprint density at radius 1 is 1.47 bits per heavy atom. The smallest absolute Gasteiger partial charge is 0.245 e. The number of carbonyl (C=O) groups excluding carboxylic acids is 1. The maximum absolute atomic E-state index is 10.9. The Kier molecular flexibility index (Phi) is 4.78. The molecule has 2 unspecified atom stereocenters. The number of aliphatic hydroxyl groups is 1. The van der Waals surface area contributed by atoms with Gasteiger partial charge in [-0.05, 0) is 26.7 Å². The first-order valence-corrected chi connectivity index (χ1v) is 6.80. The maximum atomic E-state index is 10.9. The molecule has 0 spiro atoms. The molecule has 2 fully saturated rings. The molecule has 0 bridgehead atoms. The van der Waals surface area contributed by atoms with Crippen molar-refractivity contribution in [2.75, 3.05) is 26.4 Å². The van der Waals surface area contributed by atoms with Crippen LogP contribution in [0.25, 0.3) is 0 Å². The van der Waals surface area contributed by atoms with Gasteiger partial charge in [0.15, 0.2) is 0 Å². The van der Waals surface area contributed by atoms with Gasteiger partial charge in [0.1, 0.15) is 18.8 Å². The Labute approximate surface area is 113 Å². The molecule has 0 aromatic carbocycles. The fourth-order valence-electron chi connectivity index (χ4n) is 2.56. The quantitative estimate of drug-likeness (QED) is 0.703. The standard InChI is InChI=1S/C13H23NO5/c1-13(2,4-5-14-11(16)7-15)19-10-8-18-9-3-6-17-12(9)10/h9-10,12,15H,3-8H2,1-2H3,(H,14,16)/t9?,10-,12?/m1/s1. The van der Waals surface area contributed by atoms with Crippen LogP contribution in [0.4, 0.5) is 0 Å². The predicted molar refractivity (Wildman–Crippen MR) is 67.8 cm³/mol. The van der Waals surface area contributed by atoms with Crippen molar-refractivity contribution in [3.05, 3.63) is 0 Å². The molecule has 2 aliphatic rings. The molecule has 3 atom stereocenters. The number of aliphatic hydroxyl groups excluding tert-OH is 1. The summed E-state index contributed by atoms with van der Waals surface area (Å²) < 4.78 is 17.3. The molecule has 110 valence electrons. The molecule has 2 rings (SSSR count). The van der Waals surface area contributed by atoms with Gasteiger partial charge in [-0.25, -0.2) is 0 Å². The monoisotopic (exact) mass is 273 g/mol. The highest BCUT2D eigenvalue weighted by Crippen LogP contribution is 2.31. The van der Waals surface area contributed by atoms with E-state index in [9.17, 15) is 4.79 Å². The van der Waals surface area contributed by atoms with Gasteiger partial charge in [-0.3, -0.25) is 4.79 Å². The highest BCUT2D eigenvalue weighted by atomic mass is 16.6. The first-order chi connectivity index (χ1) is 9.02. The number of fused-ring (bicyclic) bond motifs is 1. The van der Waals surface area contributed by atoms with Gasteiger partial charge in [0.2, 0.25) is 5.91 Å². The number of hydrogen-bond donors (Lipinski definition) is 2. The first kappa shape index (κ1) is 14.7. The fraction of sp³-hybridized carbons (Fsp3) is 0.923. The van der Waals surface area contributed by atoms with Crippen LogP contribution in [0, 0.1) is 0 Å². The van der Waals surface area contributed by atoms with E-state index in [1.165, 1.54) is 0 Å². The largest absolute Gasteiger partial charge is 0.387 e. The number of carbonyl (C=O) groups is 1. The Balaban J connectivity index is 1.75. The number of ether oxygens (including phenoxy) is 3. The second-order valence-electron chi connectivity index (χ2n) is 5.67. The second kappa shape index (κ2) is 6.17. The normalized spacial score (nSPS) is 30.4. The number of amides is 1. The highest BCUT2D eigenvalue weighted by Gasteiger charge is 2.44. The summed E-state index contributed by atoms with van der Waals surface area (Å²) in [6, 6.07) is 0. The van der Waals surface area contributed by atoms with Crippen LogP contribution in [0.1, 0.15) is 26.7 Å². The lowest BCUT2D eigenvalue weighted by atomic mass is 10.0. The van der Waals surface area contributed by atoms with Crippen molar-refractivity contribution >= 4 is 5.91 Å². The molecule has 1 amide bonds. The summed E-state index contributed by atoms with van der Waals surface area (Å²) in [5.74, 6) is -0.362. The average molecular weight is 273 g/mol. The molecule has 0 radical (unpaired) electrons. The zero-order chi connectivity index (χ0) is 13.9.